The van der Waals surface area contributed by atoms with Crippen molar-refractivity contribution in [3.05, 3.63) is 29.3 Å². The lowest BCUT2D eigenvalue weighted by atomic mass is 10.1. The van der Waals surface area contributed by atoms with Gasteiger partial charge in [0.15, 0.2) is 0 Å². The van der Waals surface area contributed by atoms with E-state index in [0.29, 0.717) is 12.6 Å². The Labute approximate surface area is 101 Å². The molecular formula is C12H18ClFN2. The Morgan fingerprint density at radius 3 is 2.75 bits per heavy atom. The van der Waals surface area contributed by atoms with Gasteiger partial charge in [-0.3, -0.25) is 0 Å². The molecular weight excluding hydrogens is 227 g/mol. The third-order valence-electron chi connectivity index (χ3n) is 2.43. The molecule has 1 aromatic carbocycles. The van der Waals surface area contributed by atoms with Crippen molar-refractivity contribution < 1.29 is 4.48 Å². The summed E-state index contributed by atoms with van der Waals surface area (Å²) >= 11 is 6.03. The Kier molecular flexibility index (Phi) is 6.19. The van der Waals surface area contributed by atoms with E-state index in [9.17, 15) is 4.48 Å². The number of unbranched alkanes of at least 4 members (excludes halogenated alkanes) is 1. The predicted molar refractivity (Wildman–Crippen MR) is 67.5 cm³/mol. The highest BCUT2D eigenvalue weighted by molar-refractivity contribution is 6.33. The molecule has 4 heteroatoms. The molecule has 90 valence electrons. The zero-order chi connectivity index (χ0) is 11.8. The molecule has 1 aromatic rings. The van der Waals surface area contributed by atoms with Crippen LogP contribution in [-0.4, -0.2) is 12.6 Å². The fraction of sp³-hybridized carbons (Fsp3) is 0.500. The van der Waals surface area contributed by atoms with Crippen LogP contribution in [0.5, 0.6) is 0 Å². The monoisotopic (exact) mass is 244 g/mol. The summed E-state index contributed by atoms with van der Waals surface area (Å²) in [5.41, 5.74) is 2.62. The highest BCUT2D eigenvalue weighted by Crippen LogP contribution is 2.21. The highest BCUT2D eigenvalue weighted by Gasteiger charge is 2.04. The Balaban J connectivity index is 2.28. The predicted octanol–water partition coefficient (Wildman–Crippen LogP) is 3.78. The number of halogens is 2. The Bertz CT molecular complexity index is 307. The van der Waals surface area contributed by atoms with Gasteiger partial charge in [0.1, 0.15) is 0 Å². The van der Waals surface area contributed by atoms with Crippen LogP contribution in [0.15, 0.2) is 24.3 Å². The molecule has 0 bridgehead atoms. The van der Waals surface area contributed by atoms with E-state index in [-0.39, 0.29) is 0 Å². The lowest BCUT2D eigenvalue weighted by molar-refractivity contribution is 0.327. The quantitative estimate of drug-likeness (QED) is 0.563. The molecule has 0 radical (unpaired) electrons. The van der Waals surface area contributed by atoms with Crippen molar-refractivity contribution in [2.24, 2.45) is 0 Å². The summed E-state index contributed by atoms with van der Waals surface area (Å²) in [4.78, 5) is 0. The molecule has 0 fully saturated rings. The van der Waals surface area contributed by atoms with Crippen molar-refractivity contribution in [3.8, 4) is 0 Å². The normalized spacial score (nSPS) is 12.4. The van der Waals surface area contributed by atoms with Gasteiger partial charge in [-0.05, 0) is 31.9 Å². The molecule has 0 heterocycles. The number of anilines is 1. The van der Waals surface area contributed by atoms with Crippen LogP contribution >= 0.6 is 11.6 Å². The second kappa shape index (κ2) is 7.47. The second-order valence-electron chi connectivity index (χ2n) is 3.90. The van der Waals surface area contributed by atoms with E-state index in [0.717, 1.165) is 30.0 Å². The minimum Gasteiger partial charge on any atom is -0.381 e. The molecule has 0 saturated heterocycles. The summed E-state index contributed by atoms with van der Waals surface area (Å²) in [6.45, 7) is 2.53. The van der Waals surface area contributed by atoms with Crippen molar-refractivity contribution in [3.63, 3.8) is 0 Å². The number of hydrogen-bond acceptors (Lipinski definition) is 2. The maximum absolute atomic E-state index is 11.6. The van der Waals surface area contributed by atoms with Gasteiger partial charge in [-0.15, -0.1) is 4.48 Å². The minimum atomic E-state index is 0.347. The number of nitrogens with one attached hydrogen (secondary N) is 2. The minimum absolute atomic E-state index is 0.347. The molecule has 16 heavy (non-hydrogen) atoms. The molecule has 2 N–H and O–H groups in total. The van der Waals surface area contributed by atoms with E-state index in [2.05, 4.69) is 12.2 Å². The van der Waals surface area contributed by atoms with Gasteiger partial charge in [-0.25, -0.2) is 0 Å². The van der Waals surface area contributed by atoms with Crippen molar-refractivity contribution in [2.75, 3.05) is 11.9 Å². The molecule has 0 aromatic heterocycles. The average Bonchev–Trinajstić information content (AvgIpc) is 2.28. The van der Waals surface area contributed by atoms with Gasteiger partial charge in [0.2, 0.25) is 0 Å². The largest absolute Gasteiger partial charge is 0.381 e. The summed E-state index contributed by atoms with van der Waals surface area (Å²) < 4.78 is 11.6. The van der Waals surface area contributed by atoms with E-state index < -0.39 is 0 Å². The highest BCUT2D eigenvalue weighted by atomic mass is 35.5. The van der Waals surface area contributed by atoms with Gasteiger partial charge in [0.25, 0.3) is 0 Å². The third kappa shape index (κ3) is 4.81. The fourth-order valence-electron chi connectivity index (χ4n) is 1.56. The zero-order valence-corrected chi connectivity index (χ0v) is 10.2. The fourth-order valence-corrected chi connectivity index (χ4v) is 1.75. The maximum atomic E-state index is 11.6. The van der Waals surface area contributed by atoms with Crippen molar-refractivity contribution in [1.82, 2.24) is 5.54 Å². The molecule has 2 nitrogen and oxygen atoms in total. The molecule has 1 atom stereocenters. The van der Waals surface area contributed by atoms with E-state index >= 15 is 0 Å². The summed E-state index contributed by atoms with van der Waals surface area (Å²) in [5, 5.41) is 4.08. The summed E-state index contributed by atoms with van der Waals surface area (Å²) in [5.74, 6) is 0. The first-order valence-electron chi connectivity index (χ1n) is 5.58. The van der Waals surface area contributed by atoms with Crippen LogP contribution < -0.4 is 10.9 Å². The maximum Gasteiger partial charge on any atom is 0.0637 e. The van der Waals surface area contributed by atoms with Gasteiger partial charge in [-0.1, -0.05) is 30.2 Å². The van der Waals surface area contributed by atoms with E-state index in [1.807, 2.05) is 24.3 Å². The molecule has 0 aliphatic carbocycles. The first-order valence-corrected chi connectivity index (χ1v) is 5.96. The molecule has 0 saturated carbocycles. The van der Waals surface area contributed by atoms with E-state index in [4.69, 9.17) is 11.6 Å². The van der Waals surface area contributed by atoms with Crippen molar-refractivity contribution in [2.45, 2.75) is 32.2 Å². The first-order chi connectivity index (χ1) is 7.74. The number of para-hydroxylation sites is 1. The van der Waals surface area contributed by atoms with Gasteiger partial charge >= 0.3 is 0 Å². The molecule has 0 aliphatic rings. The Morgan fingerprint density at radius 2 is 2.06 bits per heavy atom. The van der Waals surface area contributed by atoms with Gasteiger partial charge in [0, 0.05) is 12.6 Å². The lowest BCUT2D eigenvalue weighted by Crippen LogP contribution is -2.15. The second-order valence-corrected chi connectivity index (χ2v) is 4.31. The average molecular weight is 245 g/mol. The van der Waals surface area contributed by atoms with Gasteiger partial charge in [0.05, 0.1) is 10.7 Å². The standard InChI is InChI=1S/C12H18ClFN2/c1-10(6-4-5-9-15-14)16-12-8-3-2-7-11(12)13/h2-3,7-8,10,15-16H,4-6,9H2,1H3. The van der Waals surface area contributed by atoms with Crippen LogP contribution in [0.1, 0.15) is 26.2 Å². The zero-order valence-electron chi connectivity index (χ0n) is 9.47. The number of rotatable bonds is 7. The summed E-state index contributed by atoms with van der Waals surface area (Å²) in [6.07, 6.45) is 2.85. The Morgan fingerprint density at radius 1 is 1.31 bits per heavy atom. The van der Waals surface area contributed by atoms with Crippen LogP contribution in [0.2, 0.25) is 5.02 Å². The summed E-state index contributed by atoms with van der Waals surface area (Å²) in [7, 11) is 0. The molecule has 0 aliphatic heterocycles. The van der Waals surface area contributed by atoms with Crippen LogP contribution in [0.4, 0.5) is 10.2 Å². The van der Waals surface area contributed by atoms with Crippen molar-refractivity contribution in [1.29, 1.82) is 0 Å². The van der Waals surface area contributed by atoms with Gasteiger partial charge in [-0.2, -0.15) is 5.54 Å². The molecule has 1 unspecified atom stereocenters. The Hall–Kier alpha value is -0.800. The molecule has 1 rings (SSSR count). The van der Waals surface area contributed by atoms with Gasteiger partial charge < -0.3 is 5.32 Å². The van der Waals surface area contributed by atoms with E-state index in [1.165, 1.54) is 0 Å². The molecule has 0 spiro atoms. The number of benzene rings is 1. The first kappa shape index (κ1) is 13.3. The third-order valence-corrected chi connectivity index (χ3v) is 2.76. The van der Waals surface area contributed by atoms with Crippen LogP contribution in [0.3, 0.4) is 0 Å². The van der Waals surface area contributed by atoms with E-state index in [1.54, 1.807) is 5.54 Å². The van der Waals surface area contributed by atoms with Crippen LogP contribution in [-0.2, 0) is 0 Å². The SMILES string of the molecule is CC(CCCCNF)Nc1ccccc1Cl. The van der Waals surface area contributed by atoms with Crippen LogP contribution in [0, 0.1) is 0 Å². The summed E-state index contributed by atoms with van der Waals surface area (Å²) in [6, 6.07) is 8.03. The topological polar surface area (TPSA) is 24.1 Å². The smallest absolute Gasteiger partial charge is 0.0637 e. The van der Waals surface area contributed by atoms with Crippen LogP contribution in [0.25, 0.3) is 0 Å². The van der Waals surface area contributed by atoms with Crippen molar-refractivity contribution >= 4 is 17.3 Å². The lowest BCUT2D eigenvalue weighted by Gasteiger charge is -2.15. The molecule has 0 amide bonds. The number of hydrogen-bond donors (Lipinski definition) is 2.